The van der Waals surface area contributed by atoms with Gasteiger partial charge in [-0.1, -0.05) is 71.0 Å². The summed E-state index contributed by atoms with van der Waals surface area (Å²) in [6, 6.07) is 32.1. The van der Waals surface area contributed by atoms with E-state index in [4.69, 9.17) is 14.8 Å². The van der Waals surface area contributed by atoms with Crippen molar-refractivity contribution >= 4 is 21.8 Å². The molecule has 5 nitrogen and oxygen atoms in total. The molecule has 0 amide bonds. The number of hydrogen-bond acceptors (Lipinski definition) is 3. The van der Waals surface area contributed by atoms with Crippen molar-refractivity contribution in [1.82, 2.24) is 19.3 Å². The van der Waals surface area contributed by atoms with Crippen LogP contribution in [0, 0.1) is 27.7 Å². The Morgan fingerprint density at radius 1 is 0.688 bits per heavy atom. The lowest BCUT2D eigenvalue weighted by atomic mass is 9.83. The van der Waals surface area contributed by atoms with Crippen molar-refractivity contribution in [3.8, 4) is 34.1 Å². The summed E-state index contributed by atoms with van der Waals surface area (Å²) >= 11 is 0. The topological polar surface area (TPSA) is 44.9 Å². The van der Waals surface area contributed by atoms with E-state index < -0.39 is 0 Å². The molecule has 0 aliphatic carbocycles. The predicted molar refractivity (Wildman–Crippen MR) is 199 cm³/mol. The number of hydrogen-bond donors (Lipinski definition) is 0. The molecule has 7 aromatic rings. The van der Waals surface area contributed by atoms with Gasteiger partial charge in [-0.2, -0.15) is 5.10 Å². The molecule has 3 aromatic heterocycles. The predicted octanol–water partition coefficient (Wildman–Crippen LogP) is 11.5. The highest BCUT2D eigenvalue weighted by Crippen LogP contribution is 2.41. The highest BCUT2D eigenvalue weighted by Gasteiger charge is 2.29. The largest absolute Gasteiger partial charge is 0.457 e. The molecule has 0 spiro atoms. The third-order valence-corrected chi connectivity index (χ3v) is 9.34. The molecule has 7 rings (SSSR count). The molecular formula is C43H44N4O. The van der Waals surface area contributed by atoms with E-state index in [0.717, 1.165) is 39.7 Å². The van der Waals surface area contributed by atoms with Crippen molar-refractivity contribution in [3.63, 3.8) is 0 Å². The van der Waals surface area contributed by atoms with Crippen LogP contribution in [0.1, 0.15) is 74.2 Å². The van der Waals surface area contributed by atoms with Gasteiger partial charge in [-0.15, -0.1) is 0 Å². The minimum absolute atomic E-state index is 0.164. The summed E-state index contributed by atoms with van der Waals surface area (Å²) in [6.45, 7) is 19.9. The number of para-hydroxylation sites is 1. The molecule has 242 valence electrons. The molecule has 0 unspecified atom stereocenters. The van der Waals surface area contributed by atoms with Crippen LogP contribution in [0.3, 0.4) is 0 Å². The summed E-state index contributed by atoms with van der Waals surface area (Å²) in [7, 11) is 0. The van der Waals surface area contributed by atoms with Crippen LogP contribution < -0.4 is 4.74 Å². The van der Waals surface area contributed by atoms with Gasteiger partial charge in [-0.25, -0.2) is 9.67 Å². The van der Waals surface area contributed by atoms with Crippen molar-refractivity contribution in [1.29, 1.82) is 0 Å². The van der Waals surface area contributed by atoms with E-state index in [1.54, 1.807) is 0 Å². The van der Waals surface area contributed by atoms with Crippen molar-refractivity contribution in [2.45, 2.75) is 73.6 Å². The third-order valence-electron chi connectivity index (χ3n) is 9.34. The van der Waals surface area contributed by atoms with Gasteiger partial charge in [0.1, 0.15) is 17.3 Å². The smallest absolute Gasteiger partial charge is 0.137 e. The van der Waals surface area contributed by atoms with E-state index in [1.807, 2.05) is 12.3 Å². The third kappa shape index (κ3) is 5.47. The van der Waals surface area contributed by atoms with E-state index in [1.165, 1.54) is 49.8 Å². The zero-order valence-electron chi connectivity index (χ0n) is 29.5. The van der Waals surface area contributed by atoms with Gasteiger partial charge in [0.05, 0.1) is 28.1 Å². The van der Waals surface area contributed by atoms with Gasteiger partial charge in [-0.3, -0.25) is 4.57 Å². The van der Waals surface area contributed by atoms with Crippen LogP contribution in [0.5, 0.6) is 11.5 Å². The number of ether oxygens (including phenoxy) is 1. The Bertz CT molecular complexity index is 2310. The number of aromatic nitrogens is 4. The Balaban J connectivity index is 1.39. The molecule has 0 saturated carbocycles. The molecule has 0 saturated heterocycles. The maximum absolute atomic E-state index is 6.76. The summed E-state index contributed by atoms with van der Waals surface area (Å²) in [6.07, 6.45) is 1.87. The zero-order chi connectivity index (χ0) is 33.9. The molecule has 0 radical (unpaired) electrons. The van der Waals surface area contributed by atoms with Gasteiger partial charge in [0, 0.05) is 40.1 Å². The normalized spacial score (nSPS) is 12.0. The number of nitrogens with zero attached hydrogens (tertiary/aromatic N) is 4. The number of rotatable bonds is 6. The zero-order valence-corrected chi connectivity index (χ0v) is 29.5. The van der Waals surface area contributed by atoms with E-state index in [2.05, 4.69) is 156 Å². The van der Waals surface area contributed by atoms with Crippen molar-refractivity contribution in [2.75, 3.05) is 0 Å². The average Bonchev–Trinajstić information content (AvgIpc) is 3.55. The first-order chi connectivity index (χ1) is 22.9. The molecule has 0 fully saturated rings. The molecule has 0 aliphatic rings. The van der Waals surface area contributed by atoms with E-state index in [-0.39, 0.29) is 5.41 Å². The summed E-state index contributed by atoms with van der Waals surface area (Å²) in [4.78, 5) is 4.75. The van der Waals surface area contributed by atoms with Crippen LogP contribution in [-0.4, -0.2) is 19.3 Å². The molecule has 5 heteroatoms. The lowest BCUT2D eigenvalue weighted by molar-refractivity contribution is 0.480. The molecule has 0 N–H and O–H groups in total. The maximum atomic E-state index is 6.76. The Morgan fingerprint density at radius 2 is 1.42 bits per heavy atom. The fourth-order valence-electron chi connectivity index (χ4n) is 7.07. The van der Waals surface area contributed by atoms with Gasteiger partial charge in [0.2, 0.25) is 0 Å². The molecule has 4 aromatic carbocycles. The molecular weight excluding hydrogens is 589 g/mol. The Kier molecular flexibility index (Phi) is 7.74. The van der Waals surface area contributed by atoms with Crippen LogP contribution in [-0.2, 0) is 5.41 Å². The first-order valence-corrected chi connectivity index (χ1v) is 16.9. The summed E-state index contributed by atoms with van der Waals surface area (Å²) in [5.41, 5.74) is 12.6. The summed E-state index contributed by atoms with van der Waals surface area (Å²) in [5, 5.41) is 7.58. The van der Waals surface area contributed by atoms with Crippen LogP contribution in [0.15, 0.2) is 97.2 Å². The molecule has 0 atom stereocenters. The Labute approximate surface area is 283 Å². The van der Waals surface area contributed by atoms with Gasteiger partial charge in [0.15, 0.2) is 0 Å². The number of aryl methyl sites for hydroxylation is 4. The number of fused-ring (bicyclic) bond motifs is 3. The first-order valence-electron chi connectivity index (χ1n) is 16.9. The monoisotopic (exact) mass is 632 g/mol. The fraction of sp³-hybridized carbons (Fsp3) is 0.256. The van der Waals surface area contributed by atoms with Crippen LogP contribution in [0.2, 0.25) is 0 Å². The van der Waals surface area contributed by atoms with Crippen LogP contribution in [0.25, 0.3) is 44.4 Å². The maximum Gasteiger partial charge on any atom is 0.137 e. The summed E-state index contributed by atoms with van der Waals surface area (Å²) in [5.74, 6) is 2.76. The van der Waals surface area contributed by atoms with Gasteiger partial charge in [0.25, 0.3) is 0 Å². The standard InChI is InChI=1S/C43H44N4O/c1-26(2)31-22-32(47-42(43(7,8)9)41(30(6)45-47)40-28(4)13-12-14-29(40)5)24-34(23-31)48-33-17-18-36-35-15-10-11-16-37(35)46(38(36)25-33)39-21-27(3)19-20-44-39/h10-26H,1-9H3. The van der Waals surface area contributed by atoms with Crippen LogP contribution in [0.4, 0.5) is 0 Å². The SMILES string of the molecule is Cc1ccnc(-n2c3ccccc3c3ccc(Oc4cc(C(C)C)cc(-n5nc(C)c(-c6c(C)cccc6C)c5C(C)(C)C)c4)cc32)c1. The lowest BCUT2D eigenvalue weighted by Crippen LogP contribution is -2.19. The van der Waals surface area contributed by atoms with E-state index >= 15 is 0 Å². The van der Waals surface area contributed by atoms with Crippen molar-refractivity contribution in [2.24, 2.45) is 0 Å². The van der Waals surface area contributed by atoms with Gasteiger partial charge >= 0.3 is 0 Å². The second-order valence-corrected chi connectivity index (χ2v) is 14.5. The van der Waals surface area contributed by atoms with Gasteiger partial charge in [-0.05, 0) is 104 Å². The van der Waals surface area contributed by atoms with Crippen LogP contribution >= 0.6 is 0 Å². The number of benzene rings is 4. The number of pyridine rings is 1. The van der Waals surface area contributed by atoms with Crippen molar-refractivity contribution in [3.05, 3.63) is 131 Å². The molecule has 48 heavy (non-hydrogen) atoms. The Hall–Kier alpha value is -5.16. The highest BCUT2D eigenvalue weighted by molar-refractivity contribution is 6.09. The average molecular weight is 633 g/mol. The minimum Gasteiger partial charge on any atom is -0.457 e. The fourth-order valence-corrected chi connectivity index (χ4v) is 7.07. The summed E-state index contributed by atoms with van der Waals surface area (Å²) < 4.78 is 11.1. The lowest BCUT2D eigenvalue weighted by Gasteiger charge is -2.24. The molecule has 0 aliphatic heterocycles. The first kappa shape index (κ1) is 31.4. The molecule has 3 heterocycles. The molecule has 0 bridgehead atoms. The minimum atomic E-state index is -0.164. The highest BCUT2D eigenvalue weighted by atomic mass is 16.5. The Morgan fingerprint density at radius 3 is 2.12 bits per heavy atom. The quantitative estimate of drug-likeness (QED) is 0.183. The van der Waals surface area contributed by atoms with Crippen molar-refractivity contribution < 1.29 is 4.74 Å². The second-order valence-electron chi connectivity index (χ2n) is 14.5. The van der Waals surface area contributed by atoms with E-state index in [9.17, 15) is 0 Å². The second kappa shape index (κ2) is 11.8. The van der Waals surface area contributed by atoms with Gasteiger partial charge < -0.3 is 4.74 Å². The van der Waals surface area contributed by atoms with E-state index in [0.29, 0.717) is 5.92 Å².